The second-order valence-corrected chi connectivity index (χ2v) is 6.99. The topological polar surface area (TPSA) is 95.6 Å². The van der Waals surface area contributed by atoms with Crippen LogP contribution in [0.2, 0.25) is 0 Å². The number of nitro benzene ring substituents is 1. The maximum atomic E-state index is 12.5. The third-order valence-electron chi connectivity index (χ3n) is 4.96. The molecule has 1 saturated heterocycles. The molecule has 29 heavy (non-hydrogen) atoms. The molecule has 1 unspecified atom stereocenters. The second kappa shape index (κ2) is 8.42. The molecule has 150 valence electrons. The first kappa shape index (κ1) is 19.1. The van der Waals surface area contributed by atoms with Gasteiger partial charge in [-0.3, -0.25) is 14.9 Å². The lowest BCUT2D eigenvalue weighted by Gasteiger charge is -2.22. The Bertz CT molecular complexity index is 1020. The Morgan fingerprint density at radius 1 is 1.21 bits per heavy atom. The van der Waals surface area contributed by atoms with E-state index < -0.39 is 11.2 Å². The molecule has 0 spiro atoms. The minimum Gasteiger partial charge on any atom is -0.350 e. The summed E-state index contributed by atoms with van der Waals surface area (Å²) in [5.74, 6) is -0.329. The van der Waals surface area contributed by atoms with Crippen molar-refractivity contribution in [3.05, 3.63) is 76.0 Å². The van der Waals surface area contributed by atoms with Crippen molar-refractivity contribution in [1.82, 2.24) is 10.0 Å². The van der Waals surface area contributed by atoms with Gasteiger partial charge in [0.25, 0.3) is 11.6 Å². The highest BCUT2D eigenvalue weighted by molar-refractivity contribution is 5.97. The Morgan fingerprint density at radius 2 is 2.03 bits per heavy atom. The monoisotopic (exact) mass is 395 g/mol. The van der Waals surface area contributed by atoms with Gasteiger partial charge >= 0.3 is 0 Å². The molecule has 1 aliphatic rings. The van der Waals surface area contributed by atoms with Gasteiger partial charge in [-0.25, -0.2) is 10.3 Å². The lowest BCUT2D eigenvalue weighted by molar-refractivity contribution is -0.384. The highest BCUT2D eigenvalue weighted by Gasteiger charge is 2.17. The number of nitrogens with one attached hydrogen (secondary N) is 1. The van der Waals surface area contributed by atoms with Gasteiger partial charge in [0.05, 0.1) is 4.92 Å². The number of hydrogen-bond donors (Lipinski definition) is 1. The van der Waals surface area contributed by atoms with Crippen molar-refractivity contribution < 1.29 is 19.3 Å². The first-order valence-corrected chi connectivity index (χ1v) is 9.50. The number of benzene rings is 2. The van der Waals surface area contributed by atoms with Crippen molar-refractivity contribution in [3.63, 3.8) is 0 Å². The van der Waals surface area contributed by atoms with Crippen LogP contribution in [0.25, 0.3) is 10.9 Å². The van der Waals surface area contributed by atoms with E-state index in [1.165, 1.54) is 12.1 Å². The number of nitrogens with zero attached hydrogens (tertiary/aromatic N) is 2. The zero-order valence-corrected chi connectivity index (χ0v) is 15.7. The normalized spacial score (nSPS) is 16.6. The number of carbonyl (C=O) groups excluding carboxylic acids is 1. The average Bonchev–Trinajstić information content (AvgIpc) is 3.15. The maximum Gasteiger partial charge on any atom is 0.275 e. The van der Waals surface area contributed by atoms with Crippen LogP contribution in [0.4, 0.5) is 5.69 Å². The van der Waals surface area contributed by atoms with Crippen molar-refractivity contribution in [2.24, 2.45) is 0 Å². The summed E-state index contributed by atoms with van der Waals surface area (Å²) in [5.41, 5.74) is 4.84. The summed E-state index contributed by atoms with van der Waals surface area (Å²) in [4.78, 5) is 28.2. The standard InChI is InChI=1S/C21H21N3O5/c25-21(22-29-20-3-1-2-12-28-20)17-7-6-16-10-11-23(19(16)13-17)14-15-4-8-18(9-5-15)24(26)27/h4-11,13,20H,1-3,12,14H2,(H,22,25). The van der Waals surface area contributed by atoms with Crippen LogP contribution in [0.3, 0.4) is 0 Å². The quantitative estimate of drug-likeness (QED) is 0.506. The first-order chi connectivity index (χ1) is 14.1. The number of fused-ring (bicyclic) bond motifs is 1. The number of carbonyl (C=O) groups is 1. The van der Waals surface area contributed by atoms with Crippen LogP contribution in [0.15, 0.2) is 54.7 Å². The molecule has 0 saturated carbocycles. The number of aromatic nitrogens is 1. The van der Waals surface area contributed by atoms with Gasteiger partial charge in [-0.2, -0.15) is 0 Å². The van der Waals surface area contributed by atoms with Gasteiger partial charge in [0.15, 0.2) is 6.29 Å². The van der Waals surface area contributed by atoms with Crippen molar-refractivity contribution in [2.75, 3.05) is 6.61 Å². The van der Waals surface area contributed by atoms with E-state index in [9.17, 15) is 14.9 Å². The Labute approximate surface area is 167 Å². The highest BCUT2D eigenvalue weighted by Crippen LogP contribution is 2.21. The van der Waals surface area contributed by atoms with Gasteiger partial charge in [0.1, 0.15) is 0 Å². The number of non-ortho nitro benzene ring substituents is 1. The van der Waals surface area contributed by atoms with Gasteiger partial charge in [0.2, 0.25) is 0 Å². The van der Waals surface area contributed by atoms with E-state index in [2.05, 4.69) is 5.48 Å². The second-order valence-electron chi connectivity index (χ2n) is 6.99. The Balaban J connectivity index is 1.48. The van der Waals surface area contributed by atoms with Gasteiger partial charge in [-0.1, -0.05) is 18.2 Å². The zero-order valence-electron chi connectivity index (χ0n) is 15.7. The molecule has 2 aromatic carbocycles. The number of rotatable bonds is 6. The number of hydrogen-bond acceptors (Lipinski definition) is 5. The fraction of sp³-hybridized carbons (Fsp3) is 0.286. The molecule has 8 heteroatoms. The van der Waals surface area contributed by atoms with E-state index in [4.69, 9.17) is 9.57 Å². The van der Waals surface area contributed by atoms with Crippen LogP contribution in [0, 0.1) is 10.1 Å². The summed E-state index contributed by atoms with van der Waals surface area (Å²) >= 11 is 0. The number of amides is 1. The van der Waals surface area contributed by atoms with Crippen molar-refractivity contribution >= 4 is 22.5 Å². The summed E-state index contributed by atoms with van der Waals surface area (Å²) < 4.78 is 7.45. The molecule has 1 aromatic heterocycles. The molecule has 0 aliphatic carbocycles. The molecule has 4 rings (SSSR count). The van der Waals surface area contributed by atoms with E-state index in [0.29, 0.717) is 18.7 Å². The predicted molar refractivity (Wildman–Crippen MR) is 106 cm³/mol. The van der Waals surface area contributed by atoms with Crippen LogP contribution in [0.5, 0.6) is 0 Å². The van der Waals surface area contributed by atoms with Gasteiger partial charge in [-0.05, 0) is 42.0 Å². The van der Waals surface area contributed by atoms with Crippen LogP contribution in [-0.4, -0.2) is 28.3 Å². The van der Waals surface area contributed by atoms with Crippen LogP contribution in [0.1, 0.15) is 35.2 Å². The molecule has 1 aliphatic heterocycles. The summed E-state index contributed by atoms with van der Waals surface area (Å²) in [6.45, 7) is 1.18. The Kier molecular flexibility index (Phi) is 5.55. The van der Waals surface area contributed by atoms with Gasteiger partial charge < -0.3 is 9.30 Å². The summed E-state index contributed by atoms with van der Waals surface area (Å²) in [6, 6.07) is 13.9. The molecule has 1 fully saturated rings. The zero-order chi connectivity index (χ0) is 20.2. The number of nitro groups is 1. The van der Waals surface area contributed by atoms with Crippen molar-refractivity contribution in [2.45, 2.75) is 32.1 Å². The molecule has 0 radical (unpaired) electrons. The highest BCUT2D eigenvalue weighted by atomic mass is 16.8. The van der Waals surface area contributed by atoms with E-state index in [1.54, 1.807) is 24.3 Å². The molecule has 0 bridgehead atoms. The third-order valence-corrected chi connectivity index (χ3v) is 4.96. The fourth-order valence-electron chi connectivity index (χ4n) is 3.37. The minimum absolute atomic E-state index is 0.0621. The lowest BCUT2D eigenvalue weighted by Crippen LogP contribution is -2.33. The molecule has 3 aromatic rings. The van der Waals surface area contributed by atoms with Gasteiger partial charge in [0, 0.05) is 49.0 Å². The predicted octanol–water partition coefficient (Wildman–Crippen LogP) is 3.79. The molecule has 1 atom stereocenters. The molecular weight excluding hydrogens is 374 g/mol. The van der Waals surface area contributed by atoms with Crippen molar-refractivity contribution in [3.8, 4) is 0 Å². The van der Waals surface area contributed by atoms with E-state index >= 15 is 0 Å². The number of ether oxygens (including phenoxy) is 1. The van der Waals surface area contributed by atoms with Crippen LogP contribution in [-0.2, 0) is 16.1 Å². The van der Waals surface area contributed by atoms with E-state index in [1.807, 2.05) is 22.9 Å². The Hall–Kier alpha value is -3.23. The average molecular weight is 395 g/mol. The van der Waals surface area contributed by atoms with Gasteiger partial charge in [-0.15, -0.1) is 0 Å². The van der Waals surface area contributed by atoms with E-state index in [0.717, 1.165) is 35.7 Å². The van der Waals surface area contributed by atoms with Crippen LogP contribution < -0.4 is 5.48 Å². The lowest BCUT2D eigenvalue weighted by atomic mass is 10.1. The fourth-order valence-corrected chi connectivity index (χ4v) is 3.37. The molecule has 1 N–H and O–H groups in total. The maximum absolute atomic E-state index is 12.5. The van der Waals surface area contributed by atoms with Crippen molar-refractivity contribution in [1.29, 1.82) is 0 Å². The van der Waals surface area contributed by atoms with E-state index in [-0.39, 0.29) is 11.6 Å². The summed E-state index contributed by atoms with van der Waals surface area (Å²) in [5, 5.41) is 11.8. The minimum atomic E-state index is -0.417. The largest absolute Gasteiger partial charge is 0.350 e. The molecule has 8 nitrogen and oxygen atoms in total. The molecular formula is C21H21N3O5. The summed E-state index contributed by atoms with van der Waals surface area (Å²) in [7, 11) is 0. The summed E-state index contributed by atoms with van der Waals surface area (Å²) in [6.07, 6.45) is 4.32. The Morgan fingerprint density at radius 3 is 2.76 bits per heavy atom. The first-order valence-electron chi connectivity index (χ1n) is 9.50. The SMILES string of the molecule is O=C(NOC1CCCCO1)c1ccc2ccn(Cc3ccc([N+](=O)[O-])cc3)c2c1. The van der Waals surface area contributed by atoms with Crippen LogP contribution >= 0.6 is 0 Å². The molecule has 1 amide bonds. The third kappa shape index (κ3) is 4.44. The molecule has 2 heterocycles. The smallest absolute Gasteiger partial charge is 0.275 e. The number of hydroxylamine groups is 1.